The molecule has 0 radical (unpaired) electrons. The molecule has 0 atom stereocenters. The summed E-state index contributed by atoms with van der Waals surface area (Å²) in [6, 6.07) is 8.92. The topological polar surface area (TPSA) is 66.5 Å². The Morgan fingerprint density at radius 2 is 1.92 bits per heavy atom. The van der Waals surface area contributed by atoms with E-state index in [1.165, 1.54) is 10.4 Å². The molecule has 128 valence electrons. The standard InChI is InChI=1S/C16H17IN2O3S2/c17-12-5-4-6-13(11-12)18-16(20)15-14(7-10-23-15)24(21,22)19-8-2-1-3-9-19/h4-7,10-11H,1-3,8-9H2,(H,18,20). The van der Waals surface area contributed by atoms with Gasteiger partial charge in [0.2, 0.25) is 10.0 Å². The number of piperidine rings is 1. The second-order valence-electron chi connectivity index (χ2n) is 5.54. The molecule has 2 heterocycles. The molecule has 1 saturated heterocycles. The molecule has 0 aliphatic carbocycles. The van der Waals surface area contributed by atoms with E-state index in [0.717, 1.165) is 34.2 Å². The summed E-state index contributed by atoms with van der Waals surface area (Å²) in [5.74, 6) is -0.386. The van der Waals surface area contributed by atoms with Crippen molar-refractivity contribution in [2.75, 3.05) is 18.4 Å². The molecule has 0 spiro atoms. The van der Waals surface area contributed by atoms with Crippen molar-refractivity contribution in [1.29, 1.82) is 0 Å². The molecular weight excluding hydrogens is 459 g/mol. The number of hydrogen-bond donors (Lipinski definition) is 1. The van der Waals surface area contributed by atoms with Gasteiger partial charge >= 0.3 is 0 Å². The normalized spacial score (nSPS) is 16.0. The number of carbonyl (C=O) groups is 1. The molecule has 1 N–H and O–H groups in total. The van der Waals surface area contributed by atoms with Gasteiger partial charge in [-0.1, -0.05) is 12.5 Å². The minimum absolute atomic E-state index is 0.109. The van der Waals surface area contributed by atoms with E-state index in [1.54, 1.807) is 11.4 Å². The van der Waals surface area contributed by atoms with E-state index in [9.17, 15) is 13.2 Å². The van der Waals surface area contributed by atoms with E-state index >= 15 is 0 Å². The fourth-order valence-corrected chi connectivity index (χ4v) is 6.02. The van der Waals surface area contributed by atoms with E-state index in [2.05, 4.69) is 27.9 Å². The highest BCUT2D eigenvalue weighted by molar-refractivity contribution is 14.1. The third kappa shape index (κ3) is 3.81. The zero-order valence-corrected chi connectivity index (χ0v) is 16.7. The Balaban J connectivity index is 1.85. The van der Waals surface area contributed by atoms with Crippen LogP contribution in [-0.2, 0) is 10.0 Å². The summed E-state index contributed by atoms with van der Waals surface area (Å²) in [7, 11) is -3.61. The van der Waals surface area contributed by atoms with E-state index in [-0.39, 0.29) is 15.7 Å². The number of benzene rings is 1. The van der Waals surface area contributed by atoms with Crippen molar-refractivity contribution in [3.05, 3.63) is 44.2 Å². The Labute approximate surface area is 159 Å². The van der Waals surface area contributed by atoms with Crippen molar-refractivity contribution in [3.63, 3.8) is 0 Å². The highest BCUT2D eigenvalue weighted by Gasteiger charge is 2.30. The molecular formula is C16H17IN2O3S2. The van der Waals surface area contributed by atoms with Gasteiger partial charge in [0.25, 0.3) is 5.91 Å². The number of hydrogen-bond acceptors (Lipinski definition) is 4. The Hall–Kier alpha value is -0.970. The molecule has 1 aliphatic rings. The van der Waals surface area contributed by atoms with Crippen LogP contribution in [0.1, 0.15) is 28.9 Å². The fraction of sp³-hybridized carbons (Fsp3) is 0.312. The van der Waals surface area contributed by atoms with Gasteiger partial charge in [-0.15, -0.1) is 11.3 Å². The minimum Gasteiger partial charge on any atom is -0.321 e. The Morgan fingerprint density at radius 1 is 1.17 bits per heavy atom. The maximum Gasteiger partial charge on any atom is 0.267 e. The Morgan fingerprint density at radius 3 is 2.62 bits per heavy atom. The van der Waals surface area contributed by atoms with Crippen LogP contribution in [-0.4, -0.2) is 31.7 Å². The molecule has 8 heteroatoms. The Kier molecular flexibility index (Phi) is 5.58. The first-order valence-corrected chi connectivity index (χ1v) is 11.0. The van der Waals surface area contributed by atoms with Crippen molar-refractivity contribution in [3.8, 4) is 0 Å². The molecule has 1 amide bonds. The molecule has 1 aromatic carbocycles. The zero-order chi connectivity index (χ0) is 17.2. The maximum atomic E-state index is 12.8. The second kappa shape index (κ2) is 7.51. The van der Waals surface area contributed by atoms with Gasteiger partial charge in [-0.25, -0.2) is 8.42 Å². The van der Waals surface area contributed by atoms with E-state index in [0.29, 0.717) is 18.8 Å². The van der Waals surface area contributed by atoms with Crippen molar-refractivity contribution in [2.24, 2.45) is 0 Å². The molecule has 1 fully saturated rings. The number of amides is 1. The van der Waals surface area contributed by atoms with Crippen LogP contribution in [0, 0.1) is 3.57 Å². The third-order valence-corrected chi connectivity index (χ3v) is 7.51. The SMILES string of the molecule is O=C(Nc1cccc(I)c1)c1sccc1S(=O)(=O)N1CCCCC1. The molecule has 0 saturated carbocycles. The van der Waals surface area contributed by atoms with E-state index in [4.69, 9.17) is 0 Å². The predicted molar refractivity (Wildman–Crippen MR) is 104 cm³/mol. The summed E-state index contributed by atoms with van der Waals surface area (Å²) in [6.45, 7) is 1.05. The van der Waals surface area contributed by atoms with Crippen LogP contribution in [0.5, 0.6) is 0 Å². The molecule has 2 aromatic rings. The van der Waals surface area contributed by atoms with Crippen LogP contribution >= 0.6 is 33.9 Å². The van der Waals surface area contributed by atoms with Gasteiger partial charge in [-0.3, -0.25) is 4.79 Å². The van der Waals surface area contributed by atoms with Gasteiger partial charge in [-0.05, 0) is 65.1 Å². The summed E-state index contributed by atoms with van der Waals surface area (Å²) >= 11 is 3.32. The third-order valence-electron chi connectivity index (χ3n) is 3.85. The number of anilines is 1. The number of carbonyl (C=O) groups excluding carboxylic acids is 1. The van der Waals surface area contributed by atoms with Crippen LogP contribution in [0.2, 0.25) is 0 Å². The van der Waals surface area contributed by atoms with Crippen molar-refractivity contribution in [2.45, 2.75) is 24.2 Å². The summed E-state index contributed by atoms with van der Waals surface area (Å²) in [5, 5.41) is 4.44. The summed E-state index contributed by atoms with van der Waals surface area (Å²) in [6.07, 6.45) is 2.79. The molecule has 0 bridgehead atoms. The summed E-state index contributed by atoms with van der Waals surface area (Å²) < 4.78 is 28.1. The minimum atomic E-state index is -3.61. The zero-order valence-electron chi connectivity index (χ0n) is 12.9. The smallest absolute Gasteiger partial charge is 0.267 e. The van der Waals surface area contributed by atoms with Gasteiger partial charge in [0, 0.05) is 22.3 Å². The average molecular weight is 476 g/mol. The van der Waals surface area contributed by atoms with Crippen LogP contribution in [0.4, 0.5) is 5.69 Å². The highest BCUT2D eigenvalue weighted by Crippen LogP contribution is 2.28. The number of nitrogens with zero attached hydrogens (tertiary/aromatic N) is 1. The van der Waals surface area contributed by atoms with Gasteiger partial charge in [0.1, 0.15) is 9.77 Å². The van der Waals surface area contributed by atoms with Crippen molar-refractivity contribution in [1.82, 2.24) is 4.31 Å². The molecule has 1 aromatic heterocycles. The first-order chi connectivity index (χ1) is 11.5. The molecule has 3 rings (SSSR count). The predicted octanol–water partition coefficient (Wildman–Crippen LogP) is 3.78. The maximum absolute atomic E-state index is 12.8. The molecule has 0 unspecified atom stereocenters. The summed E-state index contributed by atoms with van der Waals surface area (Å²) in [4.78, 5) is 12.9. The fourth-order valence-electron chi connectivity index (χ4n) is 2.66. The van der Waals surface area contributed by atoms with Crippen molar-refractivity contribution >= 4 is 55.5 Å². The van der Waals surface area contributed by atoms with Crippen LogP contribution in [0.3, 0.4) is 0 Å². The number of nitrogens with one attached hydrogen (secondary N) is 1. The first-order valence-electron chi connectivity index (χ1n) is 7.63. The van der Waals surface area contributed by atoms with Gasteiger partial charge < -0.3 is 5.32 Å². The first kappa shape index (κ1) is 17.8. The Bertz CT molecular complexity index is 843. The second-order valence-corrected chi connectivity index (χ2v) is 9.61. The number of thiophene rings is 1. The van der Waals surface area contributed by atoms with Crippen LogP contribution < -0.4 is 5.32 Å². The largest absolute Gasteiger partial charge is 0.321 e. The quantitative estimate of drug-likeness (QED) is 0.684. The molecule has 24 heavy (non-hydrogen) atoms. The lowest BCUT2D eigenvalue weighted by atomic mass is 10.2. The van der Waals surface area contributed by atoms with Gasteiger partial charge in [0.15, 0.2) is 0 Å². The monoisotopic (exact) mass is 476 g/mol. The lowest BCUT2D eigenvalue weighted by Gasteiger charge is -2.25. The van der Waals surface area contributed by atoms with E-state index in [1.807, 2.05) is 18.2 Å². The molecule has 1 aliphatic heterocycles. The number of sulfonamides is 1. The number of halogens is 1. The highest BCUT2D eigenvalue weighted by atomic mass is 127. The van der Waals surface area contributed by atoms with Gasteiger partial charge in [0.05, 0.1) is 0 Å². The van der Waals surface area contributed by atoms with Crippen LogP contribution in [0.25, 0.3) is 0 Å². The van der Waals surface area contributed by atoms with Crippen molar-refractivity contribution < 1.29 is 13.2 Å². The lowest BCUT2D eigenvalue weighted by molar-refractivity contribution is 0.102. The van der Waals surface area contributed by atoms with E-state index < -0.39 is 10.0 Å². The lowest BCUT2D eigenvalue weighted by Crippen LogP contribution is -2.36. The average Bonchev–Trinajstić information content (AvgIpc) is 3.06. The molecule has 5 nitrogen and oxygen atoms in total. The van der Waals surface area contributed by atoms with Gasteiger partial charge in [-0.2, -0.15) is 4.31 Å². The number of rotatable bonds is 4. The summed E-state index contributed by atoms with van der Waals surface area (Å²) in [5.41, 5.74) is 0.654. The van der Waals surface area contributed by atoms with Crippen LogP contribution in [0.15, 0.2) is 40.6 Å².